The molecule has 0 aliphatic carbocycles. The maximum atomic E-state index is 12.3. The molecule has 1 heterocycles. The molecule has 0 aromatic heterocycles. The fourth-order valence-corrected chi connectivity index (χ4v) is 3.08. The van der Waals surface area contributed by atoms with Crippen LogP contribution in [0.1, 0.15) is 16.8 Å². The minimum absolute atomic E-state index is 0.0992. The first kappa shape index (κ1) is 17.2. The van der Waals surface area contributed by atoms with E-state index in [9.17, 15) is 13.2 Å². The van der Waals surface area contributed by atoms with Gasteiger partial charge in [0.1, 0.15) is 0 Å². The Hall–Kier alpha value is -2.58. The molecule has 1 aliphatic rings. The number of benzene rings is 2. The lowest BCUT2D eigenvalue weighted by Crippen LogP contribution is -2.19. The molecule has 0 saturated carbocycles. The number of sulfonamides is 1. The van der Waals surface area contributed by atoms with E-state index >= 15 is 0 Å². The number of hydrogen-bond acceptors (Lipinski definition) is 5. The Labute approximate surface area is 146 Å². The van der Waals surface area contributed by atoms with Crippen LogP contribution in [0.2, 0.25) is 0 Å². The third-order valence-electron chi connectivity index (χ3n) is 3.70. The molecule has 1 aliphatic heterocycles. The van der Waals surface area contributed by atoms with Gasteiger partial charge in [-0.05, 0) is 43.4 Å². The quantitative estimate of drug-likeness (QED) is 0.868. The zero-order valence-corrected chi connectivity index (χ0v) is 14.4. The van der Waals surface area contributed by atoms with Crippen molar-refractivity contribution in [1.29, 1.82) is 0 Å². The normalized spacial score (nSPS) is 13.8. The van der Waals surface area contributed by atoms with Gasteiger partial charge in [0.2, 0.25) is 10.0 Å². The number of amides is 1. The van der Waals surface area contributed by atoms with E-state index in [0.29, 0.717) is 36.0 Å². The van der Waals surface area contributed by atoms with E-state index in [-0.39, 0.29) is 10.8 Å². The van der Waals surface area contributed by atoms with E-state index < -0.39 is 10.0 Å². The lowest BCUT2D eigenvalue weighted by Gasteiger charge is -2.10. The summed E-state index contributed by atoms with van der Waals surface area (Å²) in [4.78, 5) is 12.4. The number of ether oxygens (including phenoxy) is 2. The number of carbonyl (C=O) groups excluding carboxylic acids is 1. The Morgan fingerprint density at radius 2 is 1.68 bits per heavy atom. The average Bonchev–Trinajstić information content (AvgIpc) is 2.86. The van der Waals surface area contributed by atoms with Crippen molar-refractivity contribution in [2.45, 2.75) is 11.3 Å². The van der Waals surface area contributed by atoms with Crippen molar-refractivity contribution >= 4 is 21.6 Å². The standard InChI is InChI=1S/C17H18N2O5S/c1-18-25(21,22)14-6-3-12(4-7-14)17(20)19-13-5-8-15-16(11-13)24-10-2-9-23-15/h3-8,11,18H,2,9-10H2,1H3,(H,19,20). The molecule has 0 bridgehead atoms. The summed E-state index contributed by atoms with van der Waals surface area (Å²) in [6.07, 6.45) is 0.804. The highest BCUT2D eigenvalue weighted by Gasteiger charge is 2.14. The molecule has 25 heavy (non-hydrogen) atoms. The third-order valence-corrected chi connectivity index (χ3v) is 5.13. The molecule has 1 amide bonds. The second-order valence-electron chi connectivity index (χ2n) is 5.40. The second kappa shape index (κ2) is 7.12. The zero-order valence-electron chi connectivity index (χ0n) is 13.6. The van der Waals surface area contributed by atoms with Crippen molar-refractivity contribution in [3.63, 3.8) is 0 Å². The molecule has 2 aromatic rings. The van der Waals surface area contributed by atoms with Crippen LogP contribution in [0.15, 0.2) is 47.4 Å². The van der Waals surface area contributed by atoms with Gasteiger partial charge in [-0.2, -0.15) is 0 Å². The molecular formula is C17H18N2O5S. The molecule has 7 nitrogen and oxygen atoms in total. The number of rotatable bonds is 4. The number of carbonyl (C=O) groups is 1. The molecule has 0 spiro atoms. The summed E-state index contributed by atoms with van der Waals surface area (Å²) in [5.74, 6) is 0.894. The summed E-state index contributed by atoms with van der Waals surface area (Å²) in [5, 5.41) is 2.76. The molecule has 0 saturated heterocycles. The van der Waals surface area contributed by atoms with E-state index in [4.69, 9.17) is 9.47 Å². The number of nitrogens with one attached hydrogen (secondary N) is 2. The molecule has 2 N–H and O–H groups in total. The van der Waals surface area contributed by atoms with Gasteiger partial charge < -0.3 is 14.8 Å². The lowest BCUT2D eigenvalue weighted by molar-refractivity contribution is 0.102. The first-order valence-electron chi connectivity index (χ1n) is 7.74. The van der Waals surface area contributed by atoms with Crippen molar-refractivity contribution in [3.05, 3.63) is 48.0 Å². The Kier molecular flexibility index (Phi) is 4.91. The Morgan fingerprint density at radius 3 is 2.36 bits per heavy atom. The van der Waals surface area contributed by atoms with Crippen molar-refractivity contribution < 1.29 is 22.7 Å². The fraction of sp³-hybridized carbons (Fsp3) is 0.235. The Bertz CT molecular complexity index is 878. The molecule has 0 fully saturated rings. The van der Waals surface area contributed by atoms with Gasteiger partial charge in [0, 0.05) is 23.7 Å². The predicted octanol–water partition coefficient (Wildman–Crippen LogP) is 2.01. The highest BCUT2D eigenvalue weighted by Crippen LogP contribution is 2.32. The fourth-order valence-electron chi connectivity index (χ4n) is 2.35. The molecule has 0 atom stereocenters. The molecule has 8 heteroatoms. The van der Waals surface area contributed by atoms with Crippen LogP contribution in [0.5, 0.6) is 11.5 Å². The summed E-state index contributed by atoms with van der Waals surface area (Å²) in [6, 6.07) is 10.9. The van der Waals surface area contributed by atoms with E-state index in [1.165, 1.54) is 31.3 Å². The summed E-state index contributed by atoms with van der Waals surface area (Å²) in [5.41, 5.74) is 0.920. The molecule has 2 aromatic carbocycles. The first-order valence-corrected chi connectivity index (χ1v) is 9.22. The third kappa shape index (κ3) is 3.92. The molecular weight excluding hydrogens is 344 g/mol. The summed E-state index contributed by atoms with van der Waals surface area (Å²) in [7, 11) is -2.19. The predicted molar refractivity (Wildman–Crippen MR) is 92.7 cm³/mol. The SMILES string of the molecule is CNS(=O)(=O)c1ccc(C(=O)Nc2ccc3c(c2)OCCCO3)cc1. The molecule has 132 valence electrons. The Balaban J connectivity index is 1.75. The van der Waals surface area contributed by atoms with Crippen LogP contribution in [0, 0.1) is 0 Å². The van der Waals surface area contributed by atoms with Gasteiger partial charge in [-0.3, -0.25) is 4.79 Å². The topological polar surface area (TPSA) is 93.7 Å². The Morgan fingerprint density at radius 1 is 1.00 bits per heavy atom. The second-order valence-corrected chi connectivity index (χ2v) is 7.28. The van der Waals surface area contributed by atoms with Gasteiger partial charge in [0.15, 0.2) is 11.5 Å². The van der Waals surface area contributed by atoms with Gasteiger partial charge in [-0.15, -0.1) is 0 Å². The van der Waals surface area contributed by atoms with E-state index in [1.54, 1.807) is 18.2 Å². The lowest BCUT2D eigenvalue weighted by atomic mass is 10.2. The van der Waals surface area contributed by atoms with Crippen LogP contribution >= 0.6 is 0 Å². The van der Waals surface area contributed by atoms with Crippen LogP contribution in [0.25, 0.3) is 0 Å². The highest BCUT2D eigenvalue weighted by atomic mass is 32.2. The van der Waals surface area contributed by atoms with E-state index in [2.05, 4.69) is 10.0 Å². The van der Waals surface area contributed by atoms with E-state index in [0.717, 1.165) is 6.42 Å². The molecule has 0 radical (unpaired) electrons. The monoisotopic (exact) mass is 362 g/mol. The van der Waals surface area contributed by atoms with Crippen molar-refractivity contribution in [2.75, 3.05) is 25.6 Å². The van der Waals surface area contributed by atoms with Gasteiger partial charge in [0.05, 0.1) is 18.1 Å². The van der Waals surface area contributed by atoms with Crippen molar-refractivity contribution in [1.82, 2.24) is 4.72 Å². The van der Waals surface area contributed by atoms with Gasteiger partial charge in [0.25, 0.3) is 5.91 Å². The van der Waals surface area contributed by atoms with Gasteiger partial charge >= 0.3 is 0 Å². The number of anilines is 1. The zero-order chi connectivity index (χ0) is 17.9. The minimum Gasteiger partial charge on any atom is -0.490 e. The van der Waals surface area contributed by atoms with Crippen LogP contribution in [-0.4, -0.2) is 34.6 Å². The minimum atomic E-state index is -3.53. The molecule has 3 rings (SSSR count). The van der Waals surface area contributed by atoms with Crippen LogP contribution in [0.3, 0.4) is 0 Å². The first-order chi connectivity index (χ1) is 12.0. The largest absolute Gasteiger partial charge is 0.490 e. The summed E-state index contributed by atoms with van der Waals surface area (Å²) < 4.78 is 36.8. The number of hydrogen-bond donors (Lipinski definition) is 2. The van der Waals surface area contributed by atoms with Crippen LogP contribution < -0.4 is 19.5 Å². The van der Waals surface area contributed by atoms with E-state index in [1.807, 2.05) is 0 Å². The maximum absolute atomic E-state index is 12.3. The van der Waals surface area contributed by atoms with Crippen molar-refractivity contribution in [3.8, 4) is 11.5 Å². The van der Waals surface area contributed by atoms with Gasteiger partial charge in [-0.1, -0.05) is 0 Å². The van der Waals surface area contributed by atoms with Crippen LogP contribution in [-0.2, 0) is 10.0 Å². The van der Waals surface area contributed by atoms with Crippen molar-refractivity contribution in [2.24, 2.45) is 0 Å². The smallest absolute Gasteiger partial charge is 0.255 e. The maximum Gasteiger partial charge on any atom is 0.255 e. The highest BCUT2D eigenvalue weighted by molar-refractivity contribution is 7.89. The summed E-state index contributed by atoms with van der Waals surface area (Å²) >= 11 is 0. The van der Waals surface area contributed by atoms with Gasteiger partial charge in [-0.25, -0.2) is 13.1 Å². The average molecular weight is 362 g/mol. The number of fused-ring (bicyclic) bond motifs is 1. The summed E-state index contributed by atoms with van der Waals surface area (Å²) in [6.45, 7) is 1.16. The molecule has 0 unspecified atom stereocenters. The van der Waals surface area contributed by atoms with Crippen LogP contribution in [0.4, 0.5) is 5.69 Å².